The van der Waals surface area contributed by atoms with Crippen LogP contribution in [-0.2, 0) is 5.41 Å². The van der Waals surface area contributed by atoms with Gasteiger partial charge in [-0.3, -0.25) is 0 Å². The summed E-state index contributed by atoms with van der Waals surface area (Å²) in [7, 11) is 0. The molecule has 0 N–H and O–H groups in total. The SMILES string of the molecule is c1ccc(-c2cccc3c2-c2ccc(-c4ccc(N5c6ccccc6Sc6ccccc65)cc4)cc2C3(c2ccccc2)c2ccccc2)cc1. The molecule has 51 heavy (non-hydrogen) atoms. The van der Waals surface area contributed by atoms with E-state index in [0.29, 0.717) is 0 Å². The minimum Gasteiger partial charge on any atom is -0.308 e. The molecule has 240 valence electrons. The fourth-order valence-corrected chi connectivity index (χ4v) is 9.42. The van der Waals surface area contributed by atoms with Crippen LogP contribution < -0.4 is 4.90 Å². The fourth-order valence-electron chi connectivity index (χ4n) is 8.36. The van der Waals surface area contributed by atoms with Gasteiger partial charge >= 0.3 is 0 Å². The molecular formula is C49H33NS. The number of para-hydroxylation sites is 2. The molecule has 1 aliphatic heterocycles. The standard InChI is InChI=1S/C49H33NS/c1-4-15-35(16-5-1)40-21-14-22-42-48(40)41-32-29-36(33-43(41)49(42,37-17-6-2-7-18-37)38-19-8-3-9-20-38)34-27-30-39(31-28-34)50-44-23-10-12-25-46(44)51-47-26-13-11-24-45(47)50/h1-33H. The highest BCUT2D eigenvalue weighted by molar-refractivity contribution is 7.99. The van der Waals surface area contributed by atoms with Crippen LogP contribution >= 0.6 is 11.8 Å². The first-order chi connectivity index (χ1) is 25.3. The van der Waals surface area contributed by atoms with Crippen LogP contribution in [-0.4, -0.2) is 0 Å². The van der Waals surface area contributed by atoms with Crippen LogP contribution in [0.5, 0.6) is 0 Å². The molecule has 10 rings (SSSR count). The van der Waals surface area contributed by atoms with Crippen molar-refractivity contribution in [3.8, 4) is 33.4 Å². The van der Waals surface area contributed by atoms with Crippen molar-refractivity contribution >= 4 is 28.8 Å². The molecule has 8 aromatic rings. The predicted octanol–water partition coefficient (Wildman–Crippen LogP) is 13.3. The Hall–Kier alpha value is -6.09. The maximum Gasteiger partial charge on any atom is 0.0714 e. The summed E-state index contributed by atoms with van der Waals surface area (Å²) in [6.07, 6.45) is 0. The molecule has 0 unspecified atom stereocenters. The van der Waals surface area contributed by atoms with E-state index < -0.39 is 5.41 Å². The van der Waals surface area contributed by atoms with E-state index in [1.54, 1.807) is 0 Å². The molecule has 0 amide bonds. The third kappa shape index (κ3) is 4.64. The molecule has 2 aliphatic rings. The first kappa shape index (κ1) is 29.8. The number of hydrogen-bond acceptors (Lipinski definition) is 2. The van der Waals surface area contributed by atoms with Gasteiger partial charge in [-0.05, 0) is 98.1 Å². The summed E-state index contributed by atoms with van der Waals surface area (Å²) in [5.74, 6) is 0. The first-order valence-electron chi connectivity index (χ1n) is 17.5. The Morgan fingerprint density at radius 1 is 0.373 bits per heavy atom. The Morgan fingerprint density at radius 2 is 0.922 bits per heavy atom. The summed E-state index contributed by atoms with van der Waals surface area (Å²) in [4.78, 5) is 4.93. The zero-order chi connectivity index (χ0) is 33.8. The molecule has 0 spiro atoms. The van der Waals surface area contributed by atoms with Gasteiger partial charge in [-0.1, -0.05) is 169 Å². The van der Waals surface area contributed by atoms with Crippen molar-refractivity contribution in [1.29, 1.82) is 0 Å². The molecule has 0 bridgehead atoms. The van der Waals surface area contributed by atoms with Crippen molar-refractivity contribution in [2.75, 3.05) is 4.90 Å². The molecular weight excluding hydrogens is 635 g/mol. The van der Waals surface area contributed by atoms with Gasteiger partial charge in [0.15, 0.2) is 0 Å². The van der Waals surface area contributed by atoms with E-state index in [4.69, 9.17) is 0 Å². The van der Waals surface area contributed by atoms with Gasteiger partial charge in [0.05, 0.1) is 16.8 Å². The number of benzene rings is 8. The molecule has 8 aromatic carbocycles. The molecule has 0 saturated carbocycles. The average Bonchev–Trinajstić information content (AvgIpc) is 3.51. The maximum absolute atomic E-state index is 2.46. The van der Waals surface area contributed by atoms with Crippen LogP contribution in [0.25, 0.3) is 33.4 Å². The monoisotopic (exact) mass is 667 g/mol. The molecule has 0 aromatic heterocycles. The fraction of sp³-hybridized carbons (Fsp3) is 0.0204. The van der Waals surface area contributed by atoms with Crippen LogP contribution in [0.4, 0.5) is 17.1 Å². The second-order valence-electron chi connectivity index (χ2n) is 13.3. The van der Waals surface area contributed by atoms with Gasteiger partial charge in [-0.25, -0.2) is 0 Å². The Balaban J connectivity index is 1.17. The van der Waals surface area contributed by atoms with Gasteiger partial charge in [0.2, 0.25) is 0 Å². The molecule has 0 fully saturated rings. The minimum atomic E-state index is -0.479. The van der Waals surface area contributed by atoms with E-state index in [9.17, 15) is 0 Å². The van der Waals surface area contributed by atoms with Gasteiger partial charge in [0.25, 0.3) is 0 Å². The van der Waals surface area contributed by atoms with Crippen LogP contribution in [0.1, 0.15) is 22.3 Å². The molecule has 1 heterocycles. The van der Waals surface area contributed by atoms with Gasteiger partial charge < -0.3 is 4.90 Å². The number of anilines is 3. The van der Waals surface area contributed by atoms with Gasteiger partial charge in [-0.15, -0.1) is 0 Å². The Bertz CT molecular complexity index is 2450. The summed E-state index contributed by atoms with van der Waals surface area (Å²) in [6.45, 7) is 0. The smallest absolute Gasteiger partial charge is 0.0714 e. The lowest BCUT2D eigenvalue weighted by Gasteiger charge is -2.34. The number of rotatable bonds is 5. The largest absolute Gasteiger partial charge is 0.308 e. The van der Waals surface area contributed by atoms with E-state index in [0.717, 1.165) is 5.69 Å². The van der Waals surface area contributed by atoms with Crippen LogP contribution in [0.2, 0.25) is 0 Å². The molecule has 0 saturated heterocycles. The van der Waals surface area contributed by atoms with Gasteiger partial charge in [-0.2, -0.15) is 0 Å². The summed E-state index contributed by atoms with van der Waals surface area (Å²) in [6, 6.07) is 73.5. The zero-order valence-electron chi connectivity index (χ0n) is 27.9. The highest BCUT2D eigenvalue weighted by Crippen LogP contribution is 2.59. The van der Waals surface area contributed by atoms with Crippen molar-refractivity contribution in [3.63, 3.8) is 0 Å². The average molecular weight is 668 g/mol. The third-order valence-electron chi connectivity index (χ3n) is 10.6. The number of fused-ring (bicyclic) bond motifs is 5. The first-order valence-corrected chi connectivity index (χ1v) is 18.3. The van der Waals surface area contributed by atoms with Crippen molar-refractivity contribution in [2.45, 2.75) is 15.2 Å². The van der Waals surface area contributed by atoms with E-state index in [1.165, 1.54) is 76.8 Å². The Kier molecular flexibility index (Phi) is 7.04. The van der Waals surface area contributed by atoms with Crippen molar-refractivity contribution < 1.29 is 0 Å². The van der Waals surface area contributed by atoms with E-state index in [-0.39, 0.29) is 0 Å². The minimum absolute atomic E-state index is 0.479. The normalized spacial score (nSPS) is 13.5. The van der Waals surface area contributed by atoms with E-state index in [2.05, 4.69) is 205 Å². The Labute approximate surface area is 303 Å². The molecule has 1 nitrogen and oxygen atoms in total. The van der Waals surface area contributed by atoms with E-state index in [1.807, 2.05) is 11.8 Å². The Morgan fingerprint density at radius 3 is 1.55 bits per heavy atom. The quantitative estimate of drug-likeness (QED) is 0.180. The maximum atomic E-state index is 2.46. The molecule has 1 aliphatic carbocycles. The highest BCUT2D eigenvalue weighted by atomic mass is 32.2. The van der Waals surface area contributed by atoms with E-state index >= 15 is 0 Å². The third-order valence-corrected chi connectivity index (χ3v) is 11.7. The lowest BCUT2D eigenvalue weighted by atomic mass is 9.67. The van der Waals surface area contributed by atoms with Crippen molar-refractivity contribution in [1.82, 2.24) is 0 Å². The lowest BCUT2D eigenvalue weighted by Crippen LogP contribution is -2.28. The second-order valence-corrected chi connectivity index (χ2v) is 14.3. The molecule has 0 atom stereocenters. The number of nitrogens with zero attached hydrogens (tertiary/aromatic N) is 1. The predicted molar refractivity (Wildman–Crippen MR) is 213 cm³/mol. The van der Waals surface area contributed by atoms with Gasteiger partial charge in [0, 0.05) is 15.5 Å². The van der Waals surface area contributed by atoms with Crippen molar-refractivity contribution in [2.24, 2.45) is 0 Å². The lowest BCUT2D eigenvalue weighted by molar-refractivity contribution is 0.769. The highest BCUT2D eigenvalue weighted by Gasteiger charge is 2.47. The summed E-state index contributed by atoms with van der Waals surface area (Å²) >= 11 is 1.84. The van der Waals surface area contributed by atoms with Crippen LogP contribution in [0.15, 0.2) is 210 Å². The molecule has 2 heteroatoms. The summed E-state index contributed by atoms with van der Waals surface area (Å²) in [5, 5.41) is 0. The van der Waals surface area contributed by atoms with Crippen LogP contribution in [0, 0.1) is 0 Å². The summed E-state index contributed by atoms with van der Waals surface area (Å²) < 4.78 is 0. The zero-order valence-corrected chi connectivity index (χ0v) is 28.7. The molecule has 0 radical (unpaired) electrons. The number of hydrogen-bond donors (Lipinski definition) is 0. The second kappa shape index (κ2) is 12.1. The topological polar surface area (TPSA) is 3.24 Å². The summed E-state index contributed by atoms with van der Waals surface area (Å²) in [5.41, 5.74) is 15.8. The van der Waals surface area contributed by atoms with Gasteiger partial charge in [0.1, 0.15) is 0 Å². The van der Waals surface area contributed by atoms with Crippen LogP contribution in [0.3, 0.4) is 0 Å². The van der Waals surface area contributed by atoms with Crippen molar-refractivity contribution in [3.05, 3.63) is 222 Å².